The van der Waals surface area contributed by atoms with Crippen LogP contribution in [0.2, 0.25) is 0 Å². The van der Waals surface area contributed by atoms with E-state index in [1.54, 1.807) is 18.3 Å². The van der Waals surface area contributed by atoms with Gasteiger partial charge in [-0.3, -0.25) is 14.9 Å². The van der Waals surface area contributed by atoms with Crippen molar-refractivity contribution in [3.63, 3.8) is 0 Å². The maximum absolute atomic E-state index is 13.0. The molecule has 4 nitrogen and oxygen atoms in total. The number of thiazole rings is 1. The Bertz CT molecular complexity index is 640. The molecule has 6 heteroatoms. The normalized spacial score (nSPS) is 22.6. The molecule has 1 aromatic heterocycles. The molecule has 102 valence electrons. The van der Waals surface area contributed by atoms with Crippen molar-refractivity contribution >= 4 is 23.2 Å². The molecule has 0 saturated carbocycles. The Labute approximate surface area is 118 Å². The van der Waals surface area contributed by atoms with E-state index in [9.17, 15) is 14.0 Å². The Kier molecular flexibility index (Phi) is 3.31. The molecule has 2 unspecified atom stereocenters. The monoisotopic (exact) mass is 290 g/mol. The molecular formula is C14H11FN2O2S. The number of rotatable bonds is 2. The molecule has 3 rings (SSSR count). The third-order valence-corrected chi connectivity index (χ3v) is 4.26. The average molecular weight is 290 g/mol. The molecular weight excluding hydrogens is 279 g/mol. The van der Waals surface area contributed by atoms with Crippen LogP contribution in [-0.2, 0) is 9.59 Å². The summed E-state index contributed by atoms with van der Waals surface area (Å²) in [7, 11) is 0. The van der Waals surface area contributed by atoms with Crippen LogP contribution in [0, 0.1) is 5.82 Å². The number of hydrogen-bond acceptors (Lipinski definition) is 4. The van der Waals surface area contributed by atoms with Crippen LogP contribution in [0.25, 0.3) is 0 Å². The van der Waals surface area contributed by atoms with E-state index >= 15 is 0 Å². The average Bonchev–Trinajstić information content (AvgIpc) is 2.93. The first kappa shape index (κ1) is 12.9. The van der Waals surface area contributed by atoms with Gasteiger partial charge in [-0.15, -0.1) is 11.3 Å². The number of benzene rings is 1. The Balaban J connectivity index is 2.01. The van der Waals surface area contributed by atoms with Gasteiger partial charge in [-0.25, -0.2) is 9.37 Å². The lowest BCUT2D eigenvalue weighted by molar-refractivity contribution is -0.135. The largest absolute Gasteiger partial charge is 0.296 e. The van der Waals surface area contributed by atoms with E-state index in [0.29, 0.717) is 5.56 Å². The van der Waals surface area contributed by atoms with Crippen LogP contribution < -0.4 is 5.32 Å². The number of amides is 2. The number of carbonyl (C=O) groups is 2. The fraction of sp³-hybridized carbons (Fsp3) is 0.214. The molecule has 0 bridgehead atoms. The van der Waals surface area contributed by atoms with Gasteiger partial charge in [0.15, 0.2) is 0 Å². The van der Waals surface area contributed by atoms with Crippen LogP contribution in [0.1, 0.15) is 28.8 Å². The number of hydrogen-bond donors (Lipinski definition) is 1. The lowest BCUT2D eigenvalue weighted by Gasteiger charge is -2.29. The summed E-state index contributed by atoms with van der Waals surface area (Å²) in [5.41, 5.74) is 0.691. The van der Waals surface area contributed by atoms with Gasteiger partial charge in [0.05, 0.1) is 10.9 Å². The van der Waals surface area contributed by atoms with E-state index in [-0.39, 0.29) is 30.0 Å². The highest BCUT2D eigenvalue weighted by atomic mass is 32.1. The molecule has 2 atom stereocenters. The standard InChI is InChI=1S/C14H11FN2O2S/c15-9-3-1-8(2-4-9)12-10(14-16-5-6-20-14)7-11(18)17-13(12)19/h1-6,10,12H,7H2,(H,17,18,19). The molecule has 1 fully saturated rings. The van der Waals surface area contributed by atoms with Gasteiger partial charge in [-0.2, -0.15) is 0 Å². The van der Waals surface area contributed by atoms with Gasteiger partial charge in [0, 0.05) is 23.9 Å². The summed E-state index contributed by atoms with van der Waals surface area (Å²) in [5.74, 6) is -1.81. The molecule has 1 saturated heterocycles. The van der Waals surface area contributed by atoms with Crippen molar-refractivity contribution in [3.8, 4) is 0 Å². The first-order chi connectivity index (χ1) is 9.65. The van der Waals surface area contributed by atoms with Crippen molar-refractivity contribution in [2.45, 2.75) is 18.3 Å². The molecule has 2 aromatic rings. The summed E-state index contributed by atoms with van der Waals surface area (Å²) in [6.07, 6.45) is 1.86. The maximum Gasteiger partial charge on any atom is 0.234 e. The van der Waals surface area contributed by atoms with E-state index in [0.717, 1.165) is 5.01 Å². The highest BCUT2D eigenvalue weighted by Gasteiger charge is 2.39. The van der Waals surface area contributed by atoms with E-state index < -0.39 is 5.92 Å². The number of nitrogens with one attached hydrogen (secondary N) is 1. The minimum atomic E-state index is -0.514. The van der Waals surface area contributed by atoms with E-state index in [1.807, 2.05) is 5.38 Å². The molecule has 0 spiro atoms. The van der Waals surface area contributed by atoms with Gasteiger partial charge in [0.1, 0.15) is 5.82 Å². The topological polar surface area (TPSA) is 59.1 Å². The van der Waals surface area contributed by atoms with Crippen molar-refractivity contribution in [2.75, 3.05) is 0 Å². The first-order valence-electron chi connectivity index (χ1n) is 6.13. The third kappa shape index (κ3) is 2.34. The molecule has 0 aliphatic carbocycles. The Morgan fingerprint density at radius 1 is 1.25 bits per heavy atom. The lowest BCUT2D eigenvalue weighted by Crippen LogP contribution is -2.43. The van der Waals surface area contributed by atoms with E-state index in [4.69, 9.17) is 0 Å². The summed E-state index contributed by atoms with van der Waals surface area (Å²) in [5, 5.41) is 4.91. The van der Waals surface area contributed by atoms with Crippen molar-refractivity contribution in [1.82, 2.24) is 10.3 Å². The predicted molar refractivity (Wildman–Crippen MR) is 71.8 cm³/mol. The predicted octanol–water partition coefficient (Wildman–Crippen LogP) is 2.20. The van der Waals surface area contributed by atoms with Gasteiger partial charge >= 0.3 is 0 Å². The van der Waals surface area contributed by atoms with Crippen LogP contribution in [0.4, 0.5) is 4.39 Å². The zero-order chi connectivity index (χ0) is 14.1. The minimum absolute atomic E-state index is 0.210. The molecule has 2 amide bonds. The molecule has 1 aromatic carbocycles. The number of aromatic nitrogens is 1. The summed E-state index contributed by atoms with van der Waals surface area (Å²) in [4.78, 5) is 28.0. The number of piperidine rings is 1. The number of nitrogens with zero attached hydrogens (tertiary/aromatic N) is 1. The second kappa shape index (κ2) is 5.13. The quantitative estimate of drug-likeness (QED) is 0.863. The van der Waals surface area contributed by atoms with Gasteiger partial charge < -0.3 is 0 Å². The van der Waals surface area contributed by atoms with E-state index in [2.05, 4.69) is 10.3 Å². The van der Waals surface area contributed by atoms with Crippen molar-refractivity contribution < 1.29 is 14.0 Å². The van der Waals surface area contributed by atoms with Gasteiger partial charge in [0.25, 0.3) is 0 Å². The number of carbonyl (C=O) groups excluding carboxylic acids is 2. The molecule has 2 heterocycles. The summed E-state index contributed by atoms with van der Waals surface area (Å²) >= 11 is 1.42. The van der Waals surface area contributed by atoms with Crippen molar-refractivity contribution in [3.05, 3.63) is 52.2 Å². The van der Waals surface area contributed by atoms with Gasteiger partial charge in [-0.05, 0) is 17.7 Å². The van der Waals surface area contributed by atoms with Crippen LogP contribution in [-0.4, -0.2) is 16.8 Å². The fourth-order valence-corrected chi connectivity index (χ4v) is 3.24. The number of imide groups is 1. The zero-order valence-corrected chi connectivity index (χ0v) is 11.2. The Hall–Kier alpha value is -2.08. The van der Waals surface area contributed by atoms with Crippen LogP contribution in [0.3, 0.4) is 0 Å². The SMILES string of the molecule is O=C1CC(c2nccs2)C(c2ccc(F)cc2)C(=O)N1. The van der Waals surface area contributed by atoms with Crippen LogP contribution in [0.5, 0.6) is 0 Å². The van der Waals surface area contributed by atoms with Crippen molar-refractivity contribution in [1.29, 1.82) is 0 Å². The Morgan fingerprint density at radius 2 is 2.00 bits per heavy atom. The lowest BCUT2D eigenvalue weighted by atomic mass is 9.81. The molecule has 1 aliphatic rings. The van der Waals surface area contributed by atoms with Crippen LogP contribution in [0.15, 0.2) is 35.8 Å². The maximum atomic E-state index is 13.0. The second-order valence-corrected chi connectivity index (χ2v) is 5.55. The second-order valence-electron chi connectivity index (χ2n) is 4.62. The Morgan fingerprint density at radius 3 is 2.65 bits per heavy atom. The molecule has 20 heavy (non-hydrogen) atoms. The smallest absolute Gasteiger partial charge is 0.234 e. The minimum Gasteiger partial charge on any atom is -0.296 e. The first-order valence-corrected chi connectivity index (χ1v) is 7.01. The van der Waals surface area contributed by atoms with Gasteiger partial charge in [-0.1, -0.05) is 12.1 Å². The highest BCUT2D eigenvalue weighted by Crippen LogP contribution is 2.39. The highest BCUT2D eigenvalue weighted by molar-refractivity contribution is 7.09. The zero-order valence-electron chi connectivity index (χ0n) is 10.4. The van der Waals surface area contributed by atoms with Crippen LogP contribution >= 0.6 is 11.3 Å². The summed E-state index contributed by atoms with van der Waals surface area (Å²) in [6.45, 7) is 0. The summed E-state index contributed by atoms with van der Waals surface area (Å²) < 4.78 is 13.0. The third-order valence-electron chi connectivity index (χ3n) is 3.35. The molecule has 1 aliphatic heterocycles. The van der Waals surface area contributed by atoms with Gasteiger partial charge in [0.2, 0.25) is 11.8 Å². The number of halogens is 1. The molecule has 0 radical (unpaired) electrons. The fourth-order valence-electron chi connectivity index (χ4n) is 2.47. The molecule has 1 N–H and O–H groups in total. The van der Waals surface area contributed by atoms with E-state index in [1.165, 1.54) is 23.5 Å². The summed E-state index contributed by atoms with van der Waals surface area (Å²) in [6, 6.07) is 5.79. The van der Waals surface area contributed by atoms with Crippen molar-refractivity contribution in [2.24, 2.45) is 0 Å².